The van der Waals surface area contributed by atoms with Crippen LogP contribution in [0.4, 0.5) is 0 Å². The van der Waals surface area contributed by atoms with Crippen molar-refractivity contribution < 1.29 is 9.90 Å². The maximum atomic E-state index is 12.3. The number of aliphatic hydroxyl groups is 1. The number of piperazine rings is 1. The SMILES string of the molecule is CC(C)(O)CN1CCN(C(=O)CCC(C)(C)CCN)CC1. The van der Waals surface area contributed by atoms with Crippen LogP contribution in [-0.4, -0.2) is 65.7 Å². The normalized spacial score (nSPS) is 18.1. The molecule has 1 rings (SSSR count). The van der Waals surface area contributed by atoms with Crippen LogP contribution in [0.3, 0.4) is 0 Å². The maximum absolute atomic E-state index is 12.3. The summed E-state index contributed by atoms with van der Waals surface area (Å²) in [4.78, 5) is 16.4. The van der Waals surface area contributed by atoms with E-state index >= 15 is 0 Å². The van der Waals surface area contributed by atoms with Crippen LogP contribution in [0.25, 0.3) is 0 Å². The van der Waals surface area contributed by atoms with Gasteiger partial charge in [0.25, 0.3) is 0 Å². The summed E-state index contributed by atoms with van der Waals surface area (Å²) in [5, 5.41) is 9.84. The minimum Gasteiger partial charge on any atom is -0.389 e. The highest BCUT2D eigenvalue weighted by Crippen LogP contribution is 2.26. The molecule has 5 heteroatoms. The van der Waals surface area contributed by atoms with Crippen molar-refractivity contribution in [3.63, 3.8) is 0 Å². The molecule has 3 N–H and O–H groups in total. The minimum absolute atomic E-state index is 0.146. The van der Waals surface area contributed by atoms with Gasteiger partial charge >= 0.3 is 0 Å². The third kappa shape index (κ3) is 7.25. The van der Waals surface area contributed by atoms with E-state index in [1.54, 1.807) is 0 Å². The number of rotatable bonds is 7. The Morgan fingerprint density at radius 2 is 1.67 bits per heavy atom. The number of β-amino-alcohol motifs (C(OH)–C–C–N with tert-alkyl or cyclic N) is 1. The van der Waals surface area contributed by atoms with Gasteiger partial charge in [0.2, 0.25) is 5.91 Å². The summed E-state index contributed by atoms with van der Waals surface area (Å²) in [6.07, 6.45) is 2.46. The highest BCUT2D eigenvalue weighted by atomic mass is 16.3. The van der Waals surface area contributed by atoms with Gasteiger partial charge in [0.05, 0.1) is 5.60 Å². The molecule has 1 heterocycles. The second-order valence-electron chi connectivity index (χ2n) is 7.67. The fourth-order valence-corrected chi connectivity index (χ4v) is 2.82. The van der Waals surface area contributed by atoms with Gasteiger partial charge in [-0.05, 0) is 38.6 Å². The van der Waals surface area contributed by atoms with Crippen LogP contribution < -0.4 is 5.73 Å². The number of carbonyl (C=O) groups excluding carboxylic acids is 1. The van der Waals surface area contributed by atoms with E-state index < -0.39 is 5.60 Å². The Morgan fingerprint density at radius 1 is 1.10 bits per heavy atom. The van der Waals surface area contributed by atoms with Crippen molar-refractivity contribution in [2.75, 3.05) is 39.3 Å². The van der Waals surface area contributed by atoms with Crippen LogP contribution in [0.5, 0.6) is 0 Å². The predicted molar refractivity (Wildman–Crippen MR) is 86.0 cm³/mol. The molecule has 5 nitrogen and oxygen atoms in total. The number of carbonyl (C=O) groups is 1. The Kier molecular flexibility index (Phi) is 6.63. The molecule has 0 aromatic rings. The van der Waals surface area contributed by atoms with E-state index in [1.807, 2.05) is 18.7 Å². The monoisotopic (exact) mass is 299 g/mol. The van der Waals surface area contributed by atoms with Gasteiger partial charge in [0.1, 0.15) is 0 Å². The minimum atomic E-state index is -0.668. The third-order valence-electron chi connectivity index (χ3n) is 4.17. The fourth-order valence-electron chi connectivity index (χ4n) is 2.82. The summed E-state index contributed by atoms with van der Waals surface area (Å²) >= 11 is 0. The molecule has 1 amide bonds. The van der Waals surface area contributed by atoms with E-state index in [0.29, 0.717) is 19.5 Å². The first-order valence-electron chi connectivity index (χ1n) is 8.05. The summed E-state index contributed by atoms with van der Waals surface area (Å²) in [7, 11) is 0. The first-order chi connectivity index (χ1) is 9.63. The van der Waals surface area contributed by atoms with Gasteiger partial charge in [-0.2, -0.15) is 0 Å². The molecule has 124 valence electrons. The Labute approximate surface area is 129 Å². The third-order valence-corrected chi connectivity index (χ3v) is 4.17. The van der Waals surface area contributed by atoms with Gasteiger partial charge < -0.3 is 15.7 Å². The number of nitrogens with two attached hydrogens (primary N) is 1. The zero-order chi connectivity index (χ0) is 16.1. The van der Waals surface area contributed by atoms with E-state index in [1.165, 1.54) is 0 Å². The number of amides is 1. The molecule has 0 saturated carbocycles. The van der Waals surface area contributed by atoms with Crippen molar-refractivity contribution in [2.24, 2.45) is 11.1 Å². The summed E-state index contributed by atoms with van der Waals surface area (Å²) in [6.45, 7) is 12.6. The van der Waals surface area contributed by atoms with E-state index in [-0.39, 0.29) is 11.3 Å². The molecule has 21 heavy (non-hydrogen) atoms. The lowest BCUT2D eigenvalue weighted by molar-refractivity contribution is -0.133. The van der Waals surface area contributed by atoms with Gasteiger partial charge in [0.15, 0.2) is 0 Å². The molecule has 0 aromatic heterocycles. The van der Waals surface area contributed by atoms with E-state index in [9.17, 15) is 9.90 Å². The van der Waals surface area contributed by atoms with Crippen LogP contribution in [-0.2, 0) is 4.79 Å². The number of hydrogen-bond donors (Lipinski definition) is 2. The standard InChI is InChI=1S/C16H33N3O2/c1-15(2,7-8-17)6-5-14(20)19-11-9-18(10-12-19)13-16(3,4)21/h21H,5-13,17H2,1-4H3. The van der Waals surface area contributed by atoms with E-state index in [4.69, 9.17) is 5.73 Å². The van der Waals surface area contributed by atoms with Gasteiger partial charge in [-0.1, -0.05) is 13.8 Å². The van der Waals surface area contributed by atoms with Crippen molar-refractivity contribution in [2.45, 2.75) is 52.6 Å². The Bertz CT molecular complexity index is 329. The second kappa shape index (κ2) is 7.56. The molecule has 1 aliphatic heterocycles. The number of nitrogens with zero attached hydrogens (tertiary/aromatic N) is 2. The maximum Gasteiger partial charge on any atom is 0.222 e. The highest BCUT2D eigenvalue weighted by molar-refractivity contribution is 5.76. The molecule has 0 spiro atoms. The Hall–Kier alpha value is -0.650. The molecule has 0 unspecified atom stereocenters. The van der Waals surface area contributed by atoms with Gasteiger partial charge in [0, 0.05) is 39.1 Å². The topological polar surface area (TPSA) is 69.8 Å². The first kappa shape index (κ1) is 18.4. The lowest BCUT2D eigenvalue weighted by Crippen LogP contribution is -2.52. The van der Waals surface area contributed by atoms with Gasteiger partial charge in [-0.25, -0.2) is 0 Å². The van der Waals surface area contributed by atoms with Crippen molar-refractivity contribution in [1.82, 2.24) is 9.80 Å². The summed E-state index contributed by atoms with van der Waals surface area (Å²) in [6, 6.07) is 0. The largest absolute Gasteiger partial charge is 0.389 e. The van der Waals surface area contributed by atoms with Crippen molar-refractivity contribution >= 4 is 5.91 Å². The lowest BCUT2D eigenvalue weighted by atomic mass is 9.84. The predicted octanol–water partition coefficient (Wildman–Crippen LogP) is 1.06. The van der Waals surface area contributed by atoms with Crippen LogP contribution in [0.1, 0.15) is 47.0 Å². The van der Waals surface area contributed by atoms with E-state index in [2.05, 4.69) is 18.7 Å². The second-order valence-corrected chi connectivity index (χ2v) is 7.67. The van der Waals surface area contributed by atoms with Crippen molar-refractivity contribution in [1.29, 1.82) is 0 Å². The zero-order valence-electron chi connectivity index (χ0n) is 14.2. The van der Waals surface area contributed by atoms with Crippen LogP contribution in [0.15, 0.2) is 0 Å². The zero-order valence-corrected chi connectivity index (χ0v) is 14.2. The average molecular weight is 299 g/mol. The summed E-state index contributed by atoms with van der Waals surface area (Å²) in [5.41, 5.74) is 5.09. The van der Waals surface area contributed by atoms with Crippen molar-refractivity contribution in [3.05, 3.63) is 0 Å². The molecule has 0 radical (unpaired) electrons. The molecule has 1 fully saturated rings. The van der Waals surface area contributed by atoms with Gasteiger partial charge in [-0.3, -0.25) is 9.69 Å². The Balaban J connectivity index is 2.32. The molecule has 0 aliphatic carbocycles. The Morgan fingerprint density at radius 3 is 2.14 bits per heavy atom. The number of hydrogen-bond acceptors (Lipinski definition) is 4. The molecule has 1 saturated heterocycles. The molecular formula is C16H33N3O2. The van der Waals surface area contributed by atoms with Crippen LogP contribution in [0.2, 0.25) is 0 Å². The van der Waals surface area contributed by atoms with Crippen molar-refractivity contribution in [3.8, 4) is 0 Å². The molecule has 0 aromatic carbocycles. The smallest absolute Gasteiger partial charge is 0.222 e. The van der Waals surface area contributed by atoms with Crippen LogP contribution >= 0.6 is 0 Å². The summed E-state index contributed by atoms with van der Waals surface area (Å²) < 4.78 is 0. The molecule has 0 atom stereocenters. The van der Waals surface area contributed by atoms with Crippen LogP contribution in [0, 0.1) is 5.41 Å². The first-order valence-corrected chi connectivity index (χ1v) is 8.05. The van der Waals surface area contributed by atoms with Gasteiger partial charge in [-0.15, -0.1) is 0 Å². The van der Waals surface area contributed by atoms with E-state index in [0.717, 1.165) is 39.0 Å². The quantitative estimate of drug-likeness (QED) is 0.737. The highest BCUT2D eigenvalue weighted by Gasteiger charge is 2.26. The average Bonchev–Trinajstić information content (AvgIpc) is 2.35. The molecule has 1 aliphatic rings. The molecular weight excluding hydrogens is 266 g/mol. The summed E-state index contributed by atoms with van der Waals surface area (Å²) in [5.74, 6) is 0.253. The lowest BCUT2D eigenvalue weighted by Gasteiger charge is -2.37. The molecule has 0 bridgehead atoms. The fraction of sp³-hybridized carbons (Fsp3) is 0.938.